The lowest BCUT2D eigenvalue weighted by Gasteiger charge is -2.21. The van der Waals surface area contributed by atoms with Gasteiger partial charge in [-0.15, -0.1) is 11.8 Å². The Kier molecular flexibility index (Phi) is 3.17. The molecule has 2 N–H and O–H groups in total. The average Bonchev–Trinajstić information content (AvgIpc) is 2.85. The zero-order valence-corrected chi connectivity index (χ0v) is 11.5. The third kappa shape index (κ3) is 2.31. The second-order valence-electron chi connectivity index (χ2n) is 4.46. The van der Waals surface area contributed by atoms with Gasteiger partial charge < -0.3 is 10.2 Å². The fraction of sp³-hybridized carbons (Fsp3) is 0.133. The predicted molar refractivity (Wildman–Crippen MR) is 82.2 cm³/mol. The molecule has 0 aliphatic carbocycles. The monoisotopic (exact) mass is 269 g/mol. The molecule has 0 saturated carbocycles. The number of aryl methyl sites for hydroxylation is 1. The largest absolute Gasteiger partial charge is 0.326 e. The van der Waals surface area contributed by atoms with Gasteiger partial charge in [-0.2, -0.15) is 0 Å². The van der Waals surface area contributed by atoms with Crippen LogP contribution in [0, 0.1) is 12.3 Å². The highest BCUT2D eigenvalue weighted by Crippen LogP contribution is 2.38. The Morgan fingerprint density at radius 3 is 2.74 bits per heavy atom. The predicted octanol–water partition coefficient (Wildman–Crippen LogP) is 3.91. The number of hydrogen-bond acceptors (Lipinski definition) is 2. The van der Waals surface area contributed by atoms with Crippen molar-refractivity contribution in [3.8, 4) is 0 Å². The molecule has 1 aliphatic rings. The van der Waals surface area contributed by atoms with Crippen LogP contribution < -0.4 is 10.2 Å². The Hall–Kier alpha value is -1.94. The second-order valence-corrected chi connectivity index (χ2v) is 5.44. The van der Waals surface area contributed by atoms with Crippen LogP contribution in [0.2, 0.25) is 0 Å². The summed E-state index contributed by atoms with van der Waals surface area (Å²) < 4.78 is 0. The summed E-state index contributed by atoms with van der Waals surface area (Å²) in [5.41, 5.74) is 3.24. The van der Waals surface area contributed by atoms with Crippen LogP contribution in [-0.4, -0.2) is 11.8 Å². The van der Waals surface area contributed by atoms with Crippen LogP contribution in [0.4, 0.5) is 11.4 Å². The molecule has 4 heteroatoms. The molecule has 3 rings (SSSR count). The van der Waals surface area contributed by atoms with Crippen LogP contribution in [0.25, 0.3) is 0 Å². The highest BCUT2D eigenvalue weighted by atomic mass is 32.2. The van der Waals surface area contributed by atoms with Gasteiger partial charge in [-0.1, -0.05) is 30.3 Å². The minimum atomic E-state index is 0.423. The van der Waals surface area contributed by atoms with E-state index in [9.17, 15) is 0 Å². The lowest BCUT2D eigenvalue weighted by Crippen LogP contribution is -2.33. The summed E-state index contributed by atoms with van der Waals surface area (Å²) in [6, 6.07) is 16.2. The molecule has 1 aliphatic heterocycles. The molecule has 0 unspecified atom stereocenters. The van der Waals surface area contributed by atoms with Gasteiger partial charge in [-0.05, 0) is 30.7 Å². The van der Waals surface area contributed by atoms with E-state index in [1.807, 2.05) is 48.2 Å². The Labute approximate surface area is 117 Å². The van der Waals surface area contributed by atoms with E-state index in [2.05, 4.69) is 17.4 Å². The van der Waals surface area contributed by atoms with Gasteiger partial charge >= 0.3 is 0 Å². The van der Waals surface area contributed by atoms with Crippen molar-refractivity contribution < 1.29 is 0 Å². The number of nitrogens with zero attached hydrogens (tertiary/aromatic N) is 1. The van der Waals surface area contributed by atoms with Gasteiger partial charge in [0, 0.05) is 10.6 Å². The summed E-state index contributed by atoms with van der Waals surface area (Å²) in [5, 5.41) is 11.4. The van der Waals surface area contributed by atoms with E-state index in [0.717, 1.165) is 22.8 Å². The standard InChI is InChI=1S/C15H15N3S/c1-11-6-2-3-7-12(11)17-15(16)18-10-19-14-9-5-4-8-13(14)18/h2-9H,10H2,1H3,(H2,16,17). The summed E-state index contributed by atoms with van der Waals surface area (Å²) in [7, 11) is 0. The topological polar surface area (TPSA) is 39.1 Å². The summed E-state index contributed by atoms with van der Waals surface area (Å²) >= 11 is 1.76. The molecule has 2 aromatic carbocycles. The third-order valence-corrected chi connectivity index (χ3v) is 4.22. The quantitative estimate of drug-likeness (QED) is 0.609. The number of rotatable bonds is 1. The zero-order valence-electron chi connectivity index (χ0n) is 10.7. The maximum absolute atomic E-state index is 8.25. The molecule has 96 valence electrons. The van der Waals surface area contributed by atoms with Crippen LogP contribution in [0.15, 0.2) is 53.4 Å². The van der Waals surface area contributed by atoms with E-state index >= 15 is 0 Å². The second kappa shape index (κ2) is 4.97. The molecular formula is C15H15N3S. The normalized spacial score (nSPS) is 13.2. The fourth-order valence-corrected chi connectivity index (χ4v) is 3.14. The maximum Gasteiger partial charge on any atom is 0.200 e. The van der Waals surface area contributed by atoms with Crippen LogP contribution in [-0.2, 0) is 0 Å². The fourth-order valence-electron chi connectivity index (χ4n) is 2.10. The number of anilines is 2. The summed E-state index contributed by atoms with van der Waals surface area (Å²) in [6.45, 7) is 2.04. The first kappa shape index (κ1) is 12.1. The van der Waals surface area contributed by atoms with E-state index in [1.54, 1.807) is 11.8 Å². The smallest absolute Gasteiger partial charge is 0.200 e. The molecule has 0 radical (unpaired) electrons. The molecule has 0 atom stereocenters. The maximum atomic E-state index is 8.25. The minimum absolute atomic E-state index is 0.423. The Morgan fingerprint density at radius 1 is 1.16 bits per heavy atom. The number of benzene rings is 2. The summed E-state index contributed by atoms with van der Waals surface area (Å²) in [5.74, 6) is 1.21. The number of para-hydroxylation sites is 2. The molecular weight excluding hydrogens is 254 g/mol. The Balaban J connectivity index is 1.81. The van der Waals surface area contributed by atoms with E-state index < -0.39 is 0 Å². The first-order valence-electron chi connectivity index (χ1n) is 6.16. The van der Waals surface area contributed by atoms with E-state index in [-0.39, 0.29) is 0 Å². The van der Waals surface area contributed by atoms with Gasteiger partial charge in [0.15, 0.2) is 0 Å². The minimum Gasteiger partial charge on any atom is -0.326 e. The van der Waals surface area contributed by atoms with Crippen molar-refractivity contribution >= 4 is 29.1 Å². The molecule has 0 aromatic heterocycles. The van der Waals surface area contributed by atoms with Crippen molar-refractivity contribution in [2.75, 3.05) is 16.1 Å². The Bertz CT molecular complexity index is 624. The highest BCUT2D eigenvalue weighted by molar-refractivity contribution is 8.00. The molecule has 0 spiro atoms. The van der Waals surface area contributed by atoms with Gasteiger partial charge in [-0.25, -0.2) is 0 Å². The molecule has 1 heterocycles. The molecule has 0 fully saturated rings. The SMILES string of the molecule is Cc1ccccc1NC(=N)N1CSc2ccccc21. The highest BCUT2D eigenvalue weighted by Gasteiger charge is 2.22. The van der Waals surface area contributed by atoms with E-state index in [0.29, 0.717) is 5.96 Å². The zero-order chi connectivity index (χ0) is 13.2. The number of thioether (sulfide) groups is 1. The van der Waals surface area contributed by atoms with Gasteiger partial charge in [0.1, 0.15) is 0 Å². The molecule has 0 bridgehead atoms. The van der Waals surface area contributed by atoms with Gasteiger partial charge in [-0.3, -0.25) is 5.41 Å². The number of guanidine groups is 1. The van der Waals surface area contributed by atoms with Crippen molar-refractivity contribution in [2.24, 2.45) is 0 Å². The first-order valence-corrected chi connectivity index (χ1v) is 7.15. The van der Waals surface area contributed by atoms with Crippen LogP contribution in [0.5, 0.6) is 0 Å². The van der Waals surface area contributed by atoms with E-state index in [4.69, 9.17) is 5.41 Å². The van der Waals surface area contributed by atoms with Gasteiger partial charge in [0.05, 0.1) is 11.6 Å². The Morgan fingerprint density at radius 2 is 1.89 bits per heavy atom. The summed E-state index contributed by atoms with van der Waals surface area (Å²) in [6.07, 6.45) is 0. The lowest BCUT2D eigenvalue weighted by molar-refractivity contribution is 1.18. The third-order valence-electron chi connectivity index (χ3n) is 3.17. The van der Waals surface area contributed by atoms with Crippen molar-refractivity contribution in [1.29, 1.82) is 5.41 Å². The van der Waals surface area contributed by atoms with Crippen LogP contribution in [0.3, 0.4) is 0 Å². The van der Waals surface area contributed by atoms with Crippen molar-refractivity contribution in [2.45, 2.75) is 11.8 Å². The van der Waals surface area contributed by atoms with E-state index in [1.165, 1.54) is 4.90 Å². The van der Waals surface area contributed by atoms with Crippen molar-refractivity contribution in [3.63, 3.8) is 0 Å². The number of hydrogen-bond donors (Lipinski definition) is 2. The van der Waals surface area contributed by atoms with Crippen molar-refractivity contribution in [3.05, 3.63) is 54.1 Å². The lowest BCUT2D eigenvalue weighted by atomic mass is 10.2. The van der Waals surface area contributed by atoms with Crippen molar-refractivity contribution in [1.82, 2.24) is 0 Å². The molecule has 0 amide bonds. The average molecular weight is 269 g/mol. The molecule has 2 aromatic rings. The van der Waals surface area contributed by atoms with Gasteiger partial charge in [0.2, 0.25) is 5.96 Å². The molecule has 19 heavy (non-hydrogen) atoms. The molecule has 0 saturated heterocycles. The summed E-state index contributed by atoms with van der Waals surface area (Å²) in [4.78, 5) is 3.23. The van der Waals surface area contributed by atoms with Crippen LogP contribution in [0.1, 0.15) is 5.56 Å². The molecule has 3 nitrogen and oxygen atoms in total. The first-order chi connectivity index (χ1) is 9.25. The number of fused-ring (bicyclic) bond motifs is 1. The van der Waals surface area contributed by atoms with Gasteiger partial charge in [0.25, 0.3) is 0 Å². The number of nitrogens with one attached hydrogen (secondary N) is 2. The van der Waals surface area contributed by atoms with Crippen LogP contribution >= 0.6 is 11.8 Å².